The lowest BCUT2D eigenvalue weighted by molar-refractivity contribution is -0.114. The number of para-hydroxylation sites is 1. The summed E-state index contributed by atoms with van der Waals surface area (Å²) in [6, 6.07) is 13.9. The molecule has 2 aromatic carbocycles. The molecule has 1 heterocycles. The maximum absolute atomic E-state index is 13.1. The van der Waals surface area contributed by atoms with Crippen molar-refractivity contribution in [3.63, 3.8) is 0 Å². The average molecular weight is 324 g/mol. The quantitative estimate of drug-likeness (QED) is 0.794. The van der Waals surface area contributed by atoms with Crippen LogP contribution in [-0.4, -0.2) is 29.3 Å². The number of carbonyl (C=O) groups excluding carboxylic acids is 2. The molecule has 1 aliphatic carbocycles. The topological polar surface area (TPSA) is 40.6 Å². The first-order valence-corrected chi connectivity index (χ1v) is 8.07. The normalized spacial score (nSPS) is 16.8. The van der Waals surface area contributed by atoms with E-state index in [4.69, 9.17) is 0 Å². The van der Waals surface area contributed by atoms with E-state index in [-0.39, 0.29) is 5.82 Å². The second-order valence-corrected chi connectivity index (χ2v) is 6.33. The van der Waals surface area contributed by atoms with Gasteiger partial charge in [-0.15, -0.1) is 0 Å². The molecule has 1 aliphatic heterocycles. The van der Waals surface area contributed by atoms with Gasteiger partial charge in [-0.3, -0.25) is 19.4 Å². The zero-order valence-electron chi connectivity index (χ0n) is 13.1. The molecule has 0 N–H and O–H groups in total. The van der Waals surface area contributed by atoms with Crippen LogP contribution in [0, 0.1) is 5.82 Å². The molecule has 0 aromatic heterocycles. The monoisotopic (exact) mass is 324 g/mol. The van der Waals surface area contributed by atoms with Crippen LogP contribution in [0.15, 0.2) is 48.5 Å². The molecular weight excluding hydrogens is 307 g/mol. The largest absolute Gasteiger partial charge is 0.300 e. The van der Waals surface area contributed by atoms with Gasteiger partial charge in [0.1, 0.15) is 5.82 Å². The number of carbonyl (C=O) groups is 2. The van der Waals surface area contributed by atoms with Gasteiger partial charge >= 0.3 is 5.91 Å². The average Bonchev–Trinajstić information content (AvgIpc) is 3.41. The van der Waals surface area contributed by atoms with Crippen LogP contribution >= 0.6 is 0 Å². The van der Waals surface area contributed by atoms with Gasteiger partial charge in [0.25, 0.3) is 5.78 Å². The van der Waals surface area contributed by atoms with Gasteiger partial charge in [-0.05, 0) is 42.7 Å². The van der Waals surface area contributed by atoms with Crippen LogP contribution in [-0.2, 0) is 11.3 Å². The SMILES string of the molecule is O=C1C(=O)N(CN(Cc2ccc(F)cc2)C2CC2)c2ccccc21. The van der Waals surface area contributed by atoms with Gasteiger partial charge in [-0.1, -0.05) is 24.3 Å². The highest BCUT2D eigenvalue weighted by molar-refractivity contribution is 6.52. The predicted molar refractivity (Wildman–Crippen MR) is 88.1 cm³/mol. The van der Waals surface area contributed by atoms with Crippen molar-refractivity contribution in [2.45, 2.75) is 25.4 Å². The predicted octanol–water partition coefficient (Wildman–Crippen LogP) is 2.98. The first-order chi connectivity index (χ1) is 11.6. The minimum atomic E-state index is -0.471. The van der Waals surface area contributed by atoms with E-state index in [1.165, 1.54) is 12.1 Å². The van der Waals surface area contributed by atoms with Crippen LogP contribution in [0.25, 0.3) is 0 Å². The van der Waals surface area contributed by atoms with E-state index >= 15 is 0 Å². The Bertz CT molecular complexity index is 799. The highest BCUT2D eigenvalue weighted by Crippen LogP contribution is 2.33. The number of hydrogen-bond donors (Lipinski definition) is 0. The first-order valence-electron chi connectivity index (χ1n) is 8.07. The number of halogens is 1. The number of benzene rings is 2. The highest BCUT2D eigenvalue weighted by atomic mass is 19.1. The molecule has 0 saturated heterocycles. The minimum absolute atomic E-state index is 0.258. The number of fused-ring (bicyclic) bond motifs is 1. The summed E-state index contributed by atoms with van der Waals surface area (Å²) in [6.45, 7) is 1.01. The second-order valence-electron chi connectivity index (χ2n) is 6.33. The molecule has 1 amide bonds. The van der Waals surface area contributed by atoms with E-state index in [2.05, 4.69) is 4.90 Å². The number of rotatable bonds is 5. The Kier molecular flexibility index (Phi) is 3.65. The lowest BCUT2D eigenvalue weighted by Crippen LogP contribution is -2.41. The molecule has 0 radical (unpaired) electrons. The van der Waals surface area contributed by atoms with E-state index in [9.17, 15) is 14.0 Å². The van der Waals surface area contributed by atoms with Crippen molar-refractivity contribution in [3.8, 4) is 0 Å². The van der Waals surface area contributed by atoms with Crippen molar-refractivity contribution in [2.24, 2.45) is 0 Å². The van der Waals surface area contributed by atoms with Crippen molar-refractivity contribution in [2.75, 3.05) is 11.6 Å². The van der Waals surface area contributed by atoms with Crippen molar-refractivity contribution < 1.29 is 14.0 Å². The Balaban J connectivity index is 1.56. The van der Waals surface area contributed by atoms with Gasteiger partial charge in [0, 0.05) is 12.6 Å². The van der Waals surface area contributed by atoms with Crippen LogP contribution in [0.5, 0.6) is 0 Å². The van der Waals surface area contributed by atoms with Crippen molar-refractivity contribution in [1.29, 1.82) is 0 Å². The van der Waals surface area contributed by atoms with Crippen LogP contribution in [0.4, 0.5) is 10.1 Å². The van der Waals surface area contributed by atoms with Crippen LogP contribution in [0.2, 0.25) is 0 Å². The lowest BCUT2D eigenvalue weighted by Gasteiger charge is -2.28. The Hall–Kier alpha value is -2.53. The molecule has 4 nitrogen and oxygen atoms in total. The van der Waals surface area contributed by atoms with E-state index in [1.807, 2.05) is 6.07 Å². The van der Waals surface area contributed by atoms with Gasteiger partial charge in [0.15, 0.2) is 0 Å². The number of Topliss-reactive ketones (excluding diaryl/α,β-unsaturated/α-hetero) is 1. The summed E-state index contributed by atoms with van der Waals surface area (Å²) < 4.78 is 13.1. The molecule has 0 bridgehead atoms. The van der Waals surface area contributed by atoms with Gasteiger partial charge in [0.2, 0.25) is 0 Å². The summed E-state index contributed by atoms with van der Waals surface area (Å²) in [7, 11) is 0. The van der Waals surface area contributed by atoms with Gasteiger partial charge in [-0.25, -0.2) is 4.39 Å². The van der Waals surface area contributed by atoms with Crippen molar-refractivity contribution in [3.05, 3.63) is 65.5 Å². The van der Waals surface area contributed by atoms with Gasteiger partial charge in [-0.2, -0.15) is 0 Å². The summed E-state index contributed by atoms with van der Waals surface area (Å²) in [6.07, 6.45) is 2.16. The molecular formula is C19H17FN2O2. The molecule has 2 aromatic rings. The number of hydrogen-bond acceptors (Lipinski definition) is 3. The molecule has 1 saturated carbocycles. The smallest absolute Gasteiger partial charge is 0.291 e. The summed E-state index contributed by atoms with van der Waals surface area (Å²) in [4.78, 5) is 28.2. The van der Waals surface area contributed by atoms with Crippen LogP contribution < -0.4 is 4.90 Å². The van der Waals surface area contributed by atoms with Crippen molar-refractivity contribution in [1.82, 2.24) is 4.90 Å². The molecule has 0 spiro atoms. The van der Waals surface area contributed by atoms with Gasteiger partial charge in [0.05, 0.1) is 17.9 Å². The van der Waals surface area contributed by atoms with Crippen LogP contribution in [0.3, 0.4) is 0 Å². The highest BCUT2D eigenvalue weighted by Gasteiger charge is 2.38. The maximum Gasteiger partial charge on any atom is 0.300 e. The molecule has 5 heteroatoms. The molecule has 122 valence electrons. The van der Waals surface area contributed by atoms with Crippen LogP contribution in [0.1, 0.15) is 28.8 Å². The zero-order chi connectivity index (χ0) is 16.7. The fourth-order valence-corrected chi connectivity index (χ4v) is 3.13. The second kappa shape index (κ2) is 5.83. The Morgan fingerprint density at radius 1 is 1.04 bits per heavy atom. The Labute approximate surface area is 139 Å². The lowest BCUT2D eigenvalue weighted by atomic mass is 10.1. The summed E-state index contributed by atoms with van der Waals surface area (Å²) in [5.74, 6) is -1.17. The Morgan fingerprint density at radius 3 is 2.46 bits per heavy atom. The van der Waals surface area contributed by atoms with Crippen molar-refractivity contribution >= 4 is 17.4 Å². The number of amides is 1. The van der Waals surface area contributed by atoms with E-state index in [0.29, 0.717) is 30.5 Å². The summed E-state index contributed by atoms with van der Waals surface area (Å²) >= 11 is 0. The number of ketones is 1. The summed E-state index contributed by atoms with van der Waals surface area (Å²) in [5, 5.41) is 0. The number of nitrogens with zero attached hydrogens (tertiary/aromatic N) is 2. The van der Waals surface area contributed by atoms with E-state index < -0.39 is 11.7 Å². The molecule has 4 rings (SSSR count). The zero-order valence-corrected chi connectivity index (χ0v) is 13.1. The molecule has 0 atom stereocenters. The molecule has 2 aliphatic rings. The standard InChI is InChI=1S/C19H17FN2O2/c20-14-7-5-13(6-8-14)11-21(15-9-10-15)12-22-17-4-2-1-3-16(17)18(23)19(22)24/h1-8,15H,9-12H2. The first kappa shape index (κ1) is 15.0. The Morgan fingerprint density at radius 2 is 1.75 bits per heavy atom. The fourth-order valence-electron chi connectivity index (χ4n) is 3.13. The van der Waals surface area contributed by atoms with Gasteiger partial charge < -0.3 is 0 Å². The third kappa shape index (κ3) is 2.71. The summed E-state index contributed by atoms with van der Waals surface area (Å²) in [5.41, 5.74) is 2.15. The van der Waals surface area contributed by atoms with E-state index in [0.717, 1.165) is 18.4 Å². The third-order valence-corrected chi connectivity index (χ3v) is 4.56. The molecule has 24 heavy (non-hydrogen) atoms. The minimum Gasteiger partial charge on any atom is -0.291 e. The molecule has 1 fully saturated rings. The maximum atomic E-state index is 13.1. The third-order valence-electron chi connectivity index (χ3n) is 4.56. The number of anilines is 1. The fraction of sp³-hybridized carbons (Fsp3) is 0.263. The van der Waals surface area contributed by atoms with E-state index in [1.54, 1.807) is 35.2 Å². The molecule has 0 unspecified atom stereocenters.